The highest BCUT2D eigenvalue weighted by Gasteiger charge is 2.35. The van der Waals surface area contributed by atoms with Gasteiger partial charge in [0.1, 0.15) is 0 Å². The van der Waals surface area contributed by atoms with Crippen LogP contribution in [0.4, 0.5) is 0 Å². The fourth-order valence-electron chi connectivity index (χ4n) is 0.568. The molecule has 0 saturated heterocycles. The molecule has 0 fully saturated rings. The third-order valence-corrected chi connectivity index (χ3v) is 6.63. The molecular formula is C8H17Br2NO2S. The third kappa shape index (κ3) is 3.79. The fourth-order valence-corrected chi connectivity index (χ4v) is 3.25. The molecule has 3 nitrogen and oxygen atoms in total. The Hall–Kier alpha value is 0.870. The molecule has 0 amide bonds. The Kier molecular flexibility index (Phi) is 5.10. The Morgan fingerprint density at radius 1 is 1.07 bits per heavy atom. The van der Waals surface area contributed by atoms with E-state index < -0.39 is 20.3 Å². The lowest BCUT2D eigenvalue weighted by Gasteiger charge is -2.30. The van der Waals surface area contributed by atoms with Gasteiger partial charge in [-0.2, -0.15) is 0 Å². The average molecular weight is 351 g/mol. The molecule has 0 aromatic heterocycles. The fraction of sp³-hybridized carbons (Fsp3) is 1.00. The molecule has 0 atom stereocenters. The van der Waals surface area contributed by atoms with Crippen molar-refractivity contribution < 1.29 is 8.42 Å². The molecule has 14 heavy (non-hydrogen) atoms. The van der Waals surface area contributed by atoms with Gasteiger partial charge in [-0.3, -0.25) is 0 Å². The normalized spacial score (nSPS) is 14.4. The SMILES string of the molecule is CC(CBr)(CBr)NS(=O)(=O)C(C)(C)C. The van der Waals surface area contributed by atoms with E-state index in [9.17, 15) is 8.42 Å². The minimum Gasteiger partial charge on any atom is -0.212 e. The number of rotatable bonds is 4. The highest BCUT2D eigenvalue weighted by Crippen LogP contribution is 2.19. The number of sulfonamides is 1. The van der Waals surface area contributed by atoms with Crippen LogP contribution in [0.3, 0.4) is 0 Å². The summed E-state index contributed by atoms with van der Waals surface area (Å²) >= 11 is 6.59. The largest absolute Gasteiger partial charge is 0.217 e. The van der Waals surface area contributed by atoms with Crippen LogP contribution < -0.4 is 4.72 Å². The van der Waals surface area contributed by atoms with Crippen LogP contribution in [0, 0.1) is 0 Å². The van der Waals surface area contributed by atoms with Crippen molar-refractivity contribution >= 4 is 41.9 Å². The van der Waals surface area contributed by atoms with Crippen LogP contribution in [0.2, 0.25) is 0 Å². The first-order chi connectivity index (χ1) is 6.08. The van der Waals surface area contributed by atoms with E-state index in [1.54, 1.807) is 20.8 Å². The number of alkyl halides is 2. The third-order valence-electron chi connectivity index (χ3n) is 1.78. The molecule has 0 bridgehead atoms. The zero-order valence-electron chi connectivity index (χ0n) is 8.89. The molecule has 0 aliphatic rings. The van der Waals surface area contributed by atoms with Crippen molar-refractivity contribution in [1.29, 1.82) is 0 Å². The van der Waals surface area contributed by atoms with Gasteiger partial charge < -0.3 is 0 Å². The van der Waals surface area contributed by atoms with Crippen molar-refractivity contribution in [3.8, 4) is 0 Å². The Morgan fingerprint density at radius 3 is 1.64 bits per heavy atom. The van der Waals surface area contributed by atoms with Gasteiger partial charge in [-0.1, -0.05) is 31.9 Å². The van der Waals surface area contributed by atoms with Crippen molar-refractivity contribution in [3.63, 3.8) is 0 Å². The minimum atomic E-state index is -3.29. The molecule has 0 aromatic carbocycles. The lowest BCUT2D eigenvalue weighted by Crippen LogP contribution is -2.53. The Labute approximate surface area is 103 Å². The molecule has 86 valence electrons. The molecule has 0 saturated carbocycles. The van der Waals surface area contributed by atoms with Gasteiger partial charge in [0, 0.05) is 16.2 Å². The maximum Gasteiger partial charge on any atom is 0.217 e. The molecule has 6 heteroatoms. The van der Waals surface area contributed by atoms with E-state index in [4.69, 9.17) is 0 Å². The van der Waals surface area contributed by atoms with Gasteiger partial charge in [-0.25, -0.2) is 13.1 Å². The first-order valence-electron chi connectivity index (χ1n) is 4.23. The summed E-state index contributed by atoms with van der Waals surface area (Å²) in [6.45, 7) is 6.88. The smallest absolute Gasteiger partial charge is 0.212 e. The van der Waals surface area contributed by atoms with Crippen LogP contribution in [-0.4, -0.2) is 29.4 Å². The first-order valence-corrected chi connectivity index (χ1v) is 7.96. The lowest BCUT2D eigenvalue weighted by molar-refractivity contribution is 0.487. The summed E-state index contributed by atoms with van der Waals surface area (Å²) in [5, 5.41) is 1.14. The molecule has 0 rings (SSSR count). The number of hydrogen-bond acceptors (Lipinski definition) is 2. The quantitative estimate of drug-likeness (QED) is 0.790. The highest BCUT2D eigenvalue weighted by atomic mass is 79.9. The highest BCUT2D eigenvalue weighted by molar-refractivity contribution is 9.09. The molecule has 0 aromatic rings. The van der Waals surface area contributed by atoms with Crippen LogP contribution in [0.1, 0.15) is 27.7 Å². The van der Waals surface area contributed by atoms with Crippen LogP contribution in [-0.2, 0) is 10.0 Å². The van der Waals surface area contributed by atoms with E-state index in [1.807, 2.05) is 6.92 Å². The Bertz CT molecular complexity index is 278. The van der Waals surface area contributed by atoms with Crippen molar-refractivity contribution in [2.45, 2.75) is 38.0 Å². The van der Waals surface area contributed by atoms with Gasteiger partial charge in [0.05, 0.1) is 4.75 Å². The van der Waals surface area contributed by atoms with E-state index >= 15 is 0 Å². The van der Waals surface area contributed by atoms with E-state index in [0.29, 0.717) is 10.7 Å². The molecule has 0 radical (unpaired) electrons. The number of nitrogens with one attached hydrogen (secondary N) is 1. The maximum atomic E-state index is 11.8. The van der Waals surface area contributed by atoms with Gasteiger partial charge in [0.15, 0.2) is 0 Å². The predicted molar refractivity (Wildman–Crippen MR) is 67.8 cm³/mol. The van der Waals surface area contributed by atoms with Crippen molar-refractivity contribution in [1.82, 2.24) is 4.72 Å². The molecule has 1 N–H and O–H groups in total. The van der Waals surface area contributed by atoms with Gasteiger partial charge in [0.2, 0.25) is 10.0 Å². The average Bonchev–Trinajstić information content (AvgIpc) is 2.01. The van der Waals surface area contributed by atoms with Crippen LogP contribution >= 0.6 is 31.9 Å². The van der Waals surface area contributed by atoms with Gasteiger partial charge in [0.25, 0.3) is 0 Å². The summed E-state index contributed by atoms with van der Waals surface area (Å²) < 4.78 is 25.6. The first kappa shape index (κ1) is 14.9. The predicted octanol–water partition coefficient (Wildman–Crippen LogP) is 2.25. The second-order valence-electron chi connectivity index (χ2n) is 4.55. The molecule has 0 aliphatic carbocycles. The van der Waals surface area contributed by atoms with E-state index in [1.165, 1.54) is 0 Å². The van der Waals surface area contributed by atoms with Crippen LogP contribution in [0.15, 0.2) is 0 Å². The topological polar surface area (TPSA) is 46.2 Å². The van der Waals surface area contributed by atoms with Gasteiger partial charge in [-0.05, 0) is 27.7 Å². The lowest BCUT2D eigenvalue weighted by atomic mass is 10.1. The van der Waals surface area contributed by atoms with Gasteiger partial charge >= 0.3 is 0 Å². The van der Waals surface area contributed by atoms with E-state index in [-0.39, 0.29) is 0 Å². The summed E-state index contributed by atoms with van der Waals surface area (Å²) in [5.74, 6) is 0. The number of halogens is 2. The second-order valence-corrected chi connectivity index (χ2v) is 8.10. The summed E-state index contributed by atoms with van der Waals surface area (Å²) in [5.41, 5.74) is -0.480. The standard InChI is InChI=1S/C8H17Br2NO2S/c1-7(2,3)14(12,13)11-8(4,5-9)6-10/h11H,5-6H2,1-4H3. The van der Waals surface area contributed by atoms with Crippen molar-refractivity contribution in [2.24, 2.45) is 0 Å². The van der Waals surface area contributed by atoms with Crippen LogP contribution in [0.25, 0.3) is 0 Å². The van der Waals surface area contributed by atoms with Crippen molar-refractivity contribution in [3.05, 3.63) is 0 Å². The van der Waals surface area contributed by atoms with Crippen molar-refractivity contribution in [2.75, 3.05) is 10.7 Å². The minimum absolute atomic E-state index is 0.480. The zero-order chi connectivity index (χ0) is 11.6. The zero-order valence-corrected chi connectivity index (χ0v) is 12.9. The monoisotopic (exact) mass is 349 g/mol. The second kappa shape index (κ2) is 4.80. The maximum absolute atomic E-state index is 11.8. The van der Waals surface area contributed by atoms with E-state index in [0.717, 1.165) is 0 Å². The van der Waals surface area contributed by atoms with E-state index in [2.05, 4.69) is 36.6 Å². The molecular weight excluding hydrogens is 334 g/mol. The molecule has 0 aliphatic heterocycles. The van der Waals surface area contributed by atoms with Gasteiger partial charge in [-0.15, -0.1) is 0 Å². The molecule has 0 heterocycles. The summed E-state index contributed by atoms with van der Waals surface area (Å²) in [6, 6.07) is 0. The summed E-state index contributed by atoms with van der Waals surface area (Å²) in [6.07, 6.45) is 0. The summed E-state index contributed by atoms with van der Waals surface area (Å²) in [4.78, 5) is 0. The summed E-state index contributed by atoms with van der Waals surface area (Å²) in [7, 11) is -3.29. The number of hydrogen-bond donors (Lipinski definition) is 1. The molecule has 0 spiro atoms. The van der Waals surface area contributed by atoms with Crippen LogP contribution in [0.5, 0.6) is 0 Å². The Balaban J connectivity index is 4.85. The Morgan fingerprint density at radius 2 is 1.43 bits per heavy atom. The molecule has 0 unspecified atom stereocenters.